The van der Waals surface area contributed by atoms with Crippen LogP contribution in [0.1, 0.15) is 65.9 Å². The number of hydrogen-bond acceptors (Lipinski definition) is 5. The van der Waals surface area contributed by atoms with Crippen molar-refractivity contribution in [2.45, 2.75) is 64.7 Å². The molecule has 39 heavy (non-hydrogen) atoms. The fourth-order valence-electron chi connectivity index (χ4n) is 5.04. The van der Waals surface area contributed by atoms with Gasteiger partial charge in [-0.1, -0.05) is 54.1 Å². The lowest BCUT2D eigenvalue weighted by atomic mass is 9.85. The average Bonchev–Trinajstić information content (AvgIpc) is 2.89. The number of carbonyl (C=O) groups excluding carboxylic acids is 2. The van der Waals surface area contributed by atoms with Crippen molar-refractivity contribution in [1.29, 1.82) is 0 Å². The Morgan fingerprint density at radius 2 is 1.69 bits per heavy atom. The number of methoxy groups -OCH3 is 1. The van der Waals surface area contributed by atoms with Crippen LogP contribution >= 0.6 is 11.6 Å². The molecule has 0 radical (unpaired) electrons. The molecular weight excluding hydrogens is 514 g/mol. The second-order valence-corrected chi connectivity index (χ2v) is 11.5. The van der Waals surface area contributed by atoms with Crippen LogP contribution in [0.15, 0.2) is 60.7 Å². The number of amides is 1. The number of nitrogens with zero attached hydrogens (tertiary/aromatic N) is 1. The van der Waals surface area contributed by atoms with E-state index >= 15 is 0 Å². The molecule has 3 aromatic rings. The van der Waals surface area contributed by atoms with Crippen molar-refractivity contribution >= 4 is 23.7 Å². The number of hydrogen-bond donors (Lipinski definition) is 1. The van der Waals surface area contributed by atoms with Crippen LogP contribution in [0.5, 0.6) is 0 Å². The number of aliphatic hydroxyl groups excluding tert-OH is 1. The lowest BCUT2D eigenvalue weighted by molar-refractivity contribution is 0.00195. The van der Waals surface area contributed by atoms with Crippen molar-refractivity contribution in [2.24, 2.45) is 0 Å². The third-order valence-electron chi connectivity index (χ3n) is 7.07. The van der Waals surface area contributed by atoms with Crippen molar-refractivity contribution in [3.05, 3.63) is 93.5 Å². The first-order valence-electron chi connectivity index (χ1n) is 13.2. The Balaban J connectivity index is 1.60. The number of ether oxygens (including phenoxy) is 2. The molecule has 4 rings (SSSR count). The Hall–Kier alpha value is -3.35. The molecule has 0 saturated heterocycles. The predicted octanol–water partition coefficient (Wildman–Crippen LogP) is 6.93. The Morgan fingerprint density at radius 1 is 1.03 bits per heavy atom. The van der Waals surface area contributed by atoms with Gasteiger partial charge in [0.25, 0.3) is 0 Å². The first kappa shape index (κ1) is 28.7. The Bertz CT molecular complexity index is 1350. The summed E-state index contributed by atoms with van der Waals surface area (Å²) in [7, 11) is 1.38. The Morgan fingerprint density at radius 3 is 2.33 bits per heavy atom. The summed E-state index contributed by atoms with van der Waals surface area (Å²) in [5, 5.41) is 11.6. The van der Waals surface area contributed by atoms with Crippen molar-refractivity contribution in [2.75, 3.05) is 13.7 Å². The molecule has 2 atom stereocenters. The summed E-state index contributed by atoms with van der Waals surface area (Å²) in [6.45, 7) is 7.54. The average molecular weight is 550 g/mol. The van der Waals surface area contributed by atoms with Crippen LogP contribution in [-0.4, -0.2) is 47.4 Å². The highest BCUT2D eigenvalue weighted by molar-refractivity contribution is 6.30. The van der Waals surface area contributed by atoms with E-state index in [1.54, 1.807) is 35.2 Å². The summed E-state index contributed by atoms with van der Waals surface area (Å²) in [4.78, 5) is 27.0. The molecule has 0 bridgehead atoms. The van der Waals surface area contributed by atoms with Gasteiger partial charge in [-0.05, 0) is 98.5 Å². The van der Waals surface area contributed by atoms with E-state index in [-0.39, 0.29) is 18.6 Å². The Kier molecular flexibility index (Phi) is 8.67. The van der Waals surface area contributed by atoms with E-state index in [4.69, 9.17) is 21.1 Å². The van der Waals surface area contributed by atoms with Crippen LogP contribution in [0.2, 0.25) is 5.02 Å². The molecule has 3 aromatic carbocycles. The maximum Gasteiger partial charge on any atom is 0.410 e. The largest absolute Gasteiger partial charge is 0.465 e. The van der Waals surface area contributed by atoms with Gasteiger partial charge in [0, 0.05) is 11.1 Å². The van der Waals surface area contributed by atoms with Gasteiger partial charge in [0.1, 0.15) is 5.60 Å². The Labute approximate surface area is 235 Å². The summed E-state index contributed by atoms with van der Waals surface area (Å²) in [6.07, 6.45) is 0.922. The lowest BCUT2D eigenvalue weighted by Crippen LogP contribution is -2.47. The smallest absolute Gasteiger partial charge is 0.410 e. The summed E-state index contributed by atoms with van der Waals surface area (Å²) in [5.74, 6) is -0.352. The van der Waals surface area contributed by atoms with Gasteiger partial charge in [0.05, 0.1) is 25.3 Å². The number of rotatable bonds is 6. The maximum absolute atomic E-state index is 13.4. The van der Waals surface area contributed by atoms with Crippen molar-refractivity contribution in [3.63, 3.8) is 0 Å². The molecule has 1 aliphatic rings. The molecule has 0 spiro atoms. The van der Waals surface area contributed by atoms with Gasteiger partial charge in [-0.2, -0.15) is 0 Å². The van der Waals surface area contributed by atoms with E-state index in [0.29, 0.717) is 22.6 Å². The van der Waals surface area contributed by atoms with E-state index in [9.17, 15) is 14.7 Å². The molecule has 0 aliphatic heterocycles. The molecule has 6 nitrogen and oxygen atoms in total. The van der Waals surface area contributed by atoms with E-state index < -0.39 is 17.8 Å². The number of benzene rings is 3. The fourth-order valence-corrected chi connectivity index (χ4v) is 5.16. The van der Waals surface area contributed by atoms with Crippen LogP contribution in [0.25, 0.3) is 11.1 Å². The van der Waals surface area contributed by atoms with Crippen molar-refractivity contribution < 1.29 is 24.2 Å². The van der Waals surface area contributed by atoms with Crippen LogP contribution in [0, 0.1) is 6.92 Å². The molecule has 0 saturated carbocycles. The van der Waals surface area contributed by atoms with Gasteiger partial charge in [0.15, 0.2) is 0 Å². The van der Waals surface area contributed by atoms with Gasteiger partial charge in [0.2, 0.25) is 0 Å². The highest BCUT2D eigenvalue weighted by Crippen LogP contribution is 2.32. The highest BCUT2D eigenvalue weighted by atomic mass is 35.5. The van der Waals surface area contributed by atoms with Crippen LogP contribution < -0.4 is 0 Å². The predicted molar refractivity (Wildman–Crippen MR) is 153 cm³/mol. The number of aliphatic hydroxyl groups is 1. The standard InChI is InChI=1S/C32H36ClNO5/c1-20-16-23(11-15-28(20)30(36)38-5)24-7-6-21-10-14-27(18-25(21)17-24)34(31(37)39-32(2,3)4)19-29(35)22-8-12-26(33)13-9-22/h6-9,11-13,15-17,27,29,35H,10,14,18-19H2,1-5H3/t27-,29-/m0/s1. The van der Waals surface area contributed by atoms with Crippen molar-refractivity contribution in [3.8, 4) is 11.1 Å². The minimum absolute atomic E-state index is 0.115. The molecule has 1 N–H and O–H groups in total. The zero-order chi connectivity index (χ0) is 28.3. The first-order chi connectivity index (χ1) is 18.4. The number of esters is 1. The zero-order valence-electron chi connectivity index (χ0n) is 23.2. The van der Waals surface area contributed by atoms with E-state index in [1.165, 1.54) is 12.7 Å². The summed E-state index contributed by atoms with van der Waals surface area (Å²) in [6, 6.07) is 19.0. The van der Waals surface area contributed by atoms with Gasteiger partial charge >= 0.3 is 12.1 Å². The third kappa shape index (κ3) is 7.00. The highest BCUT2D eigenvalue weighted by Gasteiger charge is 2.33. The normalized spacial score (nSPS) is 15.7. The van der Waals surface area contributed by atoms with Crippen LogP contribution in [0.3, 0.4) is 0 Å². The summed E-state index contributed by atoms with van der Waals surface area (Å²) in [5.41, 5.74) is 5.89. The SMILES string of the molecule is COC(=O)c1ccc(-c2ccc3c(c2)C[C@@H](N(C[C@H](O)c2ccc(Cl)cc2)C(=O)OC(C)(C)C)CC3)cc1C. The molecule has 0 heterocycles. The second-order valence-electron chi connectivity index (χ2n) is 11.1. The maximum atomic E-state index is 13.4. The second kappa shape index (κ2) is 11.8. The minimum Gasteiger partial charge on any atom is -0.465 e. The van der Waals surface area contributed by atoms with E-state index in [2.05, 4.69) is 18.2 Å². The van der Waals surface area contributed by atoms with Crippen LogP contribution in [0.4, 0.5) is 4.79 Å². The summed E-state index contributed by atoms with van der Waals surface area (Å²) >= 11 is 6.02. The zero-order valence-corrected chi connectivity index (χ0v) is 23.9. The van der Waals surface area contributed by atoms with Gasteiger partial charge in [-0.15, -0.1) is 0 Å². The topological polar surface area (TPSA) is 76.1 Å². The van der Waals surface area contributed by atoms with Crippen LogP contribution in [-0.2, 0) is 22.3 Å². The molecule has 0 unspecified atom stereocenters. The van der Waals surface area contributed by atoms with Gasteiger partial charge in [-0.3, -0.25) is 0 Å². The minimum atomic E-state index is -0.876. The van der Waals surface area contributed by atoms with Crippen molar-refractivity contribution in [1.82, 2.24) is 4.90 Å². The number of aryl methyl sites for hydroxylation is 2. The summed E-state index contributed by atoms with van der Waals surface area (Å²) < 4.78 is 10.6. The molecule has 1 aliphatic carbocycles. The molecule has 206 valence electrons. The molecule has 7 heteroatoms. The number of carbonyl (C=O) groups is 2. The molecule has 0 aromatic heterocycles. The number of halogens is 1. The third-order valence-corrected chi connectivity index (χ3v) is 7.32. The number of fused-ring (bicyclic) bond motifs is 1. The fraction of sp³-hybridized carbons (Fsp3) is 0.375. The van der Waals surface area contributed by atoms with E-state index in [1.807, 2.05) is 39.8 Å². The quantitative estimate of drug-likeness (QED) is 0.337. The van der Waals surface area contributed by atoms with Gasteiger partial charge < -0.3 is 19.5 Å². The first-order valence-corrected chi connectivity index (χ1v) is 13.6. The van der Waals surface area contributed by atoms with Gasteiger partial charge in [-0.25, -0.2) is 9.59 Å². The molecule has 0 fully saturated rings. The van der Waals surface area contributed by atoms with E-state index in [0.717, 1.165) is 35.1 Å². The lowest BCUT2D eigenvalue weighted by Gasteiger charge is -2.37. The molecular formula is C32H36ClNO5. The monoisotopic (exact) mass is 549 g/mol. The molecule has 1 amide bonds.